The van der Waals surface area contributed by atoms with E-state index >= 15 is 0 Å². The van der Waals surface area contributed by atoms with Crippen molar-refractivity contribution in [2.45, 2.75) is 37.9 Å². The molecule has 1 heterocycles. The topological polar surface area (TPSA) is 18.5 Å². The molecule has 118 valence electrons. The molecule has 0 aromatic rings. The van der Waals surface area contributed by atoms with E-state index in [1.807, 2.05) is 7.05 Å². The van der Waals surface area contributed by atoms with Crippen LogP contribution in [0, 0.1) is 5.92 Å². The standard InChI is InChI=1S/C14H26F3N3/c1-18-13-5-3-2-4-12(13)10-19-6-8-20(9-7-19)11-14(15,16)17/h12-13,18H,2-11H2,1H3. The highest BCUT2D eigenvalue weighted by molar-refractivity contribution is 4.84. The lowest BCUT2D eigenvalue weighted by molar-refractivity contribution is -0.149. The Kier molecular flexibility index (Phi) is 5.69. The largest absolute Gasteiger partial charge is 0.401 e. The molecule has 1 N–H and O–H groups in total. The Labute approximate surface area is 119 Å². The first kappa shape index (κ1) is 16.0. The van der Waals surface area contributed by atoms with E-state index in [2.05, 4.69) is 10.2 Å². The van der Waals surface area contributed by atoms with E-state index in [4.69, 9.17) is 0 Å². The minimum absolute atomic E-state index is 0.538. The first-order valence-corrected chi connectivity index (χ1v) is 7.66. The van der Waals surface area contributed by atoms with Crippen molar-refractivity contribution >= 4 is 0 Å². The summed E-state index contributed by atoms with van der Waals surface area (Å²) < 4.78 is 37.0. The summed E-state index contributed by atoms with van der Waals surface area (Å²) in [5, 5.41) is 3.40. The number of rotatable bonds is 4. The molecule has 1 aliphatic carbocycles. The first-order valence-electron chi connectivity index (χ1n) is 7.66. The Morgan fingerprint density at radius 2 is 1.60 bits per heavy atom. The Balaban J connectivity index is 1.73. The van der Waals surface area contributed by atoms with E-state index in [1.165, 1.54) is 30.6 Å². The molecular weight excluding hydrogens is 267 g/mol. The lowest BCUT2D eigenvalue weighted by Gasteiger charge is -2.39. The van der Waals surface area contributed by atoms with Gasteiger partial charge in [0.25, 0.3) is 0 Å². The predicted molar refractivity (Wildman–Crippen MR) is 73.7 cm³/mol. The van der Waals surface area contributed by atoms with E-state index in [0.29, 0.717) is 25.0 Å². The van der Waals surface area contributed by atoms with Gasteiger partial charge in [-0.15, -0.1) is 0 Å². The maximum atomic E-state index is 12.3. The fourth-order valence-corrected chi connectivity index (χ4v) is 3.52. The summed E-state index contributed by atoms with van der Waals surface area (Å²) in [5.74, 6) is 0.655. The van der Waals surface area contributed by atoms with Crippen LogP contribution in [0.1, 0.15) is 25.7 Å². The van der Waals surface area contributed by atoms with E-state index < -0.39 is 12.7 Å². The maximum Gasteiger partial charge on any atom is 0.401 e. The molecule has 2 atom stereocenters. The zero-order valence-electron chi connectivity index (χ0n) is 12.3. The molecule has 0 radical (unpaired) electrons. The maximum absolute atomic E-state index is 12.3. The summed E-state index contributed by atoms with van der Waals surface area (Å²) in [5.41, 5.74) is 0. The van der Waals surface area contributed by atoms with Gasteiger partial charge in [0.1, 0.15) is 0 Å². The summed E-state index contributed by atoms with van der Waals surface area (Å²) in [4.78, 5) is 3.86. The van der Waals surface area contributed by atoms with Crippen LogP contribution in [0.4, 0.5) is 13.2 Å². The minimum Gasteiger partial charge on any atom is -0.317 e. The fraction of sp³-hybridized carbons (Fsp3) is 1.00. The molecule has 1 saturated heterocycles. The van der Waals surface area contributed by atoms with E-state index in [1.54, 1.807) is 0 Å². The fourth-order valence-electron chi connectivity index (χ4n) is 3.52. The second kappa shape index (κ2) is 7.09. The highest BCUT2D eigenvalue weighted by Crippen LogP contribution is 2.25. The third-order valence-corrected chi connectivity index (χ3v) is 4.64. The second-order valence-electron chi connectivity index (χ2n) is 6.13. The quantitative estimate of drug-likeness (QED) is 0.854. The van der Waals surface area contributed by atoms with Gasteiger partial charge in [0, 0.05) is 38.8 Å². The average molecular weight is 293 g/mol. The van der Waals surface area contributed by atoms with Crippen LogP contribution in [0.3, 0.4) is 0 Å². The van der Waals surface area contributed by atoms with Crippen LogP contribution < -0.4 is 5.32 Å². The normalized spacial score (nSPS) is 30.6. The number of hydrogen-bond acceptors (Lipinski definition) is 3. The van der Waals surface area contributed by atoms with E-state index in [0.717, 1.165) is 19.6 Å². The van der Waals surface area contributed by atoms with Crippen LogP contribution in [0.2, 0.25) is 0 Å². The SMILES string of the molecule is CNC1CCCCC1CN1CCN(CC(F)(F)F)CC1. The van der Waals surface area contributed by atoms with Gasteiger partial charge in [-0.1, -0.05) is 12.8 Å². The van der Waals surface area contributed by atoms with Gasteiger partial charge in [0.05, 0.1) is 6.54 Å². The van der Waals surface area contributed by atoms with Crippen LogP contribution >= 0.6 is 0 Å². The average Bonchev–Trinajstić information content (AvgIpc) is 2.40. The summed E-state index contributed by atoms with van der Waals surface area (Å²) in [6, 6.07) is 0.581. The van der Waals surface area contributed by atoms with Crippen molar-refractivity contribution in [3.8, 4) is 0 Å². The Hall–Kier alpha value is -0.330. The minimum atomic E-state index is -4.07. The molecule has 0 bridgehead atoms. The van der Waals surface area contributed by atoms with Gasteiger partial charge in [-0.25, -0.2) is 0 Å². The highest BCUT2D eigenvalue weighted by atomic mass is 19.4. The Morgan fingerprint density at radius 1 is 1.00 bits per heavy atom. The monoisotopic (exact) mass is 293 g/mol. The number of nitrogens with one attached hydrogen (secondary N) is 1. The molecule has 1 saturated carbocycles. The van der Waals surface area contributed by atoms with Crippen molar-refractivity contribution in [2.75, 3.05) is 46.3 Å². The van der Waals surface area contributed by atoms with Crippen LogP contribution in [0.25, 0.3) is 0 Å². The van der Waals surface area contributed by atoms with Crippen molar-refractivity contribution in [2.24, 2.45) is 5.92 Å². The zero-order chi connectivity index (χ0) is 14.6. The zero-order valence-corrected chi connectivity index (χ0v) is 12.3. The van der Waals surface area contributed by atoms with E-state index in [-0.39, 0.29) is 0 Å². The van der Waals surface area contributed by atoms with Crippen LogP contribution in [0.5, 0.6) is 0 Å². The molecule has 6 heteroatoms. The number of halogens is 3. The molecular formula is C14H26F3N3. The first-order chi connectivity index (χ1) is 9.48. The van der Waals surface area contributed by atoms with Gasteiger partial charge in [0.2, 0.25) is 0 Å². The van der Waals surface area contributed by atoms with Gasteiger partial charge in [0.15, 0.2) is 0 Å². The van der Waals surface area contributed by atoms with Crippen molar-refractivity contribution in [3.63, 3.8) is 0 Å². The summed E-state index contributed by atoms with van der Waals surface area (Å²) >= 11 is 0. The summed E-state index contributed by atoms with van der Waals surface area (Å²) in [6.45, 7) is 2.88. The van der Waals surface area contributed by atoms with Gasteiger partial charge < -0.3 is 10.2 Å². The molecule has 0 aromatic carbocycles. The van der Waals surface area contributed by atoms with Crippen LogP contribution in [-0.4, -0.2) is 68.3 Å². The van der Waals surface area contributed by atoms with Crippen LogP contribution in [0.15, 0.2) is 0 Å². The molecule has 1 aliphatic heterocycles. The third kappa shape index (κ3) is 4.90. The third-order valence-electron chi connectivity index (χ3n) is 4.64. The van der Waals surface area contributed by atoms with Crippen molar-refractivity contribution in [3.05, 3.63) is 0 Å². The molecule has 0 amide bonds. The number of hydrogen-bond donors (Lipinski definition) is 1. The molecule has 0 aromatic heterocycles. The van der Waals surface area contributed by atoms with Crippen molar-refractivity contribution in [1.82, 2.24) is 15.1 Å². The van der Waals surface area contributed by atoms with Gasteiger partial charge in [-0.05, 0) is 25.8 Å². The molecule has 0 spiro atoms. The Morgan fingerprint density at radius 3 is 2.20 bits per heavy atom. The molecule has 2 rings (SSSR count). The molecule has 20 heavy (non-hydrogen) atoms. The summed E-state index contributed by atoms with van der Waals surface area (Å²) in [7, 11) is 2.02. The van der Waals surface area contributed by atoms with Crippen molar-refractivity contribution < 1.29 is 13.2 Å². The predicted octanol–water partition coefficient (Wildman–Crippen LogP) is 1.94. The molecule has 2 fully saturated rings. The molecule has 2 unspecified atom stereocenters. The smallest absolute Gasteiger partial charge is 0.317 e. The Bertz CT molecular complexity index is 288. The lowest BCUT2D eigenvalue weighted by atomic mass is 9.84. The summed E-state index contributed by atoms with van der Waals surface area (Å²) in [6.07, 6.45) is 0.991. The molecule has 3 nitrogen and oxygen atoms in total. The lowest BCUT2D eigenvalue weighted by Crippen LogP contribution is -2.52. The van der Waals surface area contributed by atoms with Gasteiger partial charge in [-0.2, -0.15) is 13.2 Å². The molecule has 2 aliphatic rings. The van der Waals surface area contributed by atoms with Gasteiger partial charge in [-0.3, -0.25) is 4.90 Å². The van der Waals surface area contributed by atoms with Crippen molar-refractivity contribution in [1.29, 1.82) is 0 Å². The second-order valence-corrected chi connectivity index (χ2v) is 6.13. The number of alkyl halides is 3. The number of nitrogens with zero attached hydrogens (tertiary/aromatic N) is 2. The van der Waals surface area contributed by atoms with Crippen LogP contribution in [-0.2, 0) is 0 Å². The number of piperazine rings is 1. The van der Waals surface area contributed by atoms with E-state index in [9.17, 15) is 13.2 Å². The highest BCUT2D eigenvalue weighted by Gasteiger charge is 2.33. The van der Waals surface area contributed by atoms with Gasteiger partial charge >= 0.3 is 6.18 Å².